The number of nitrogen functional groups attached to an aromatic ring is 1. The highest BCUT2D eigenvalue weighted by Gasteiger charge is 2.19. The number of nitro groups is 1. The van der Waals surface area contributed by atoms with Crippen LogP contribution in [0.2, 0.25) is 10.0 Å². The van der Waals surface area contributed by atoms with Crippen LogP contribution < -0.4 is 10.5 Å². The second-order valence-electron chi connectivity index (χ2n) is 3.75. The molecule has 0 atom stereocenters. The molecule has 0 aliphatic heterocycles. The molecule has 1 aromatic heterocycles. The largest absolute Gasteiger partial charge is 0.430 e. The Kier molecular flexibility index (Phi) is 4.20. The molecule has 3 N–H and O–H groups in total. The topological polar surface area (TPSA) is 128 Å². The molecule has 0 saturated carbocycles. The van der Waals surface area contributed by atoms with Crippen LogP contribution in [-0.2, 0) is 0 Å². The maximum Gasteiger partial charge on any atom is 0.313 e. The highest BCUT2D eigenvalue weighted by molar-refractivity contribution is 6.42. The number of nitrogens with one attached hydrogen (secondary N) is 1. The molecule has 0 unspecified atom stereocenters. The third kappa shape index (κ3) is 3.36. The number of nitro benzene ring substituents is 1. The maximum atomic E-state index is 11.0. The highest BCUT2D eigenvalue weighted by atomic mass is 35.5. The average molecular weight is 328 g/mol. The summed E-state index contributed by atoms with van der Waals surface area (Å²) in [6.07, 6.45) is 2.39. The van der Waals surface area contributed by atoms with Gasteiger partial charge in [-0.05, 0) is 0 Å². The fourth-order valence-corrected chi connectivity index (χ4v) is 1.67. The first-order valence-corrected chi connectivity index (χ1v) is 6.12. The summed E-state index contributed by atoms with van der Waals surface area (Å²) in [6.45, 7) is 0. The van der Waals surface area contributed by atoms with E-state index in [2.05, 4.69) is 9.97 Å². The van der Waals surface area contributed by atoms with Crippen molar-refractivity contribution in [1.29, 1.82) is 5.41 Å². The number of amidine groups is 1. The number of aromatic nitrogens is 2. The van der Waals surface area contributed by atoms with Gasteiger partial charge in [-0.15, -0.1) is 0 Å². The summed E-state index contributed by atoms with van der Waals surface area (Å²) in [7, 11) is 0. The van der Waals surface area contributed by atoms with Gasteiger partial charge in [-0.2, -0.15) is 0 Å². The molecule has 108 valence electrons. The number of nitrogens with two attached hydrogens (primary N) is 1. The summed E-state index contributed by atoms with van der Waals surface area (Å²) >= 11 is 11.5. The van der Waals surface area contributed by atoms with E-state index in [0.717, 1.165) is 6.07 Å². The molecule has 8 nitrogen and oxygen atoms in total. The van der Waals surface area contributed by atoms with Gasteiger partial charge in [0.05, 0.1) is 27.4 Å². The van der Waals surface area contributed by atoms with Crippen molar-refractivity contribution in [3.05, 3.63) is 50.4 Å². The van der Waals surface area contributed by atoms with E-state index in [-0.39, 0.29) is 38.9 Å². The van der Waals surface area contributed by atoms with Crippen LogP contribution in [0.25, 0.3) is 0 Å². The van der Waals surface area contributed by atoms with Gasteiger partial charge in [0, 0.05) is 12.1 Å². The van der Waals surface area contributed by atoms with Crippen LogP contribution in [0, 0.1) is 15.5 Å². The lowest BCUT2D eigenvalue weighted by Crippen LogP contribution is -2.13. The van der Waals surface area contributed by atoms with Gasteiger partial charge >= 0.3 is 5.69 Å². The molecule has 10 heteroatoms. The van der Waals surface area contributed by atoms with Gasteiger partial charge in [-0.25, -0.2) is 9.97 Å². The molecule has 0 bridgehead atoms. The van der Waals surface area contributed by atoms with Crippen LogP contribution in [0.4, 0.5) is 5.69 Å². The molecule has 2 aromatic rings. The zero-order valence-electron chi connectivity index (χ0n) is 10.2. The van der Waals surface area contributed by atoms with Crippen LogP contribution in [0.5, 0.6) is 11.6 Å². The molecule has 0 aliphatic rings. The van der Waals surface area contributed by atoms with Gasteiger partial charge < -0.3 is 10.5 Å². The predicted octanol–water partition coefficient (Wildman–Crippen LogP) is 2.77. The van der Waals surface area contributed by atoms with Crippen molar-refractivity contribution >= 4 is 34.7 Å². The number of hydrogen-bond donors (Lipinski definition) is 2. The first-order valence-electron chi connectivity index (χ1n) is 5.36. The maximum absolute atomic E-state index is 11.0. The Balaban J connectivity index is 2.36. The van der Waals surface area contributed by atoms with Crippen LogP contribution in [0.3, 0.4) is 0 Å². The third-order valence-corrected chi connectivity index (χ3v) is 3.04. The zero-order chi connectivity index (χ0) is 15.6. The number of halogens is 2. The Labute approximate surface area is 128 Å². The van der Waals surface area contributed by atoms with Crippen LogP contribution in [0.15, 0.2) is 24.5 Å². The summed E-state index contributed by atoms with van der Waals surface area (Å²) in [6, 6.07) is 2.29. The van der Waals surface area contributed by atoms with Gasteiger partial charge in [0.25, 0.3) is 0 Å². The lowest BCUT2D eigenvalue weighted by molar-refractivity contribution is -0.385. The van der Waals surface area contributed by atoms with Crippen molar-refractivity contribution in [1.82, 2.24) is 9.97 Å². The number of nitrogens with zero attached hydrogens (tertiary/aromatic N) is 3. The van der Waals surface area contributed by atoms with E-state index in [1.807, 2.05) is 0 Å². The summed E-state index contributed by atoms with van der Waals surface area (Å²) < 4.78 is 5.27. The van der Waals surface area contributed by atoms with Gasteiger partial charge in [0.15, 0.2) is 0 Å². The summed E-state index contributed by atoms with van der Waals surface area (Å²) in [5.41, 5.74) is 5.03. The first-order chi connectivity index (χ1) is 9.88. The van der Waals surface area contributed by atoms with E-state index in [9.17, 15) is 10.1 Å². The highest BCUT2D eigenvalue weighted by Crippen LogP contribution is 2.37. The molecule has 1 aromatic carbocycles. The normalized spacial score (nSPS) is 10.2. The van der Waals surface area contributed by atoms with Crippen molar-refractivity contribution in [2.24, 2.45) is 5.73 Å². The Morgan fingerprint density at radius 1 is 1.29 bits per heavy atom. The summed E-state index contributed by atoms with van der Waals surface area (Å²) in [5.74, 6) is -0.393. The van der Waals surface area contributed by atoms with E-state index in [0.29, 0.717) is 0 Å². The fraction of sp³-hybridized carbons (Fsp3) is 0. The van der Waals surface area contributed by atoms with E-state index < -0.39 is 4.92 Å². The number of hydrogen-bond acceptors (Lipinski definition) is 6. The molecule has 0 radical (unpaired) electrons. The zero-order valence-corrected chi connectivity index (χ0v) is 11.7. The standard InChI is InChI=1S/C11H7Cl2N5O3/c12-5-1-8(18(19)20)9(2-6(5)13)21-10-4-16-7(3-17-10)11(14)15/h1-4H,(H3,14,15). The third-order valence-electron chi connectivity index (χ3n) is 2.32. The fourth-order valence-electron chi connectivity index (χ4n) is 1.36. The Bertz CT molecular complexity index is 721. The lowest BCUT2D eigenvalue weighted by atomic mass is 10.3. The summed E-state index contributed by atoms with van der Waals surface area (Å²) in [4.78, 5) is 18.0. The molecular formula is C11H7Cl2N5O3. The molecule has 0 saturated heterocycles. The minimum absolute atomic E-state index is 0.0125. The van der Waals surface area contributed by atoms with Crippen LogP contribution in [-0.4, -0.2) is 20.7 Å². The molecule has 21 heavy (non-hydrogen) atoms. The van der Waals surface area contributed by atoms with Crippen LogP contribution >= 0.6 is 23.2 Å². The van der Waals surface area contributed by atoms with E-state index in [1.54, 1.807) is 0 Å². The van der Waals surface area contributed by atoms with Crippen molar-refractivity contribution in [2.75, 3.05) is 0 Å². The molecule has 0 fully saturated rings. The number of benzene rings is 1. The van der Waals surface area contributed by atoms with Crippen molar-refractivity contribution in [2.45, 2.75) is 0 Å². The number of ether oxygens (including phenoxy) is 1. The lowest BCUT2D eigenvalue weighted by Gasteiger charge is -2.07. The Hall–Kier alpha value is -2.45. The van der Waals surface area contributed by atoms with Gasteiger partial charge in [-0.3, -0.25) is 15.5 Å². The minimum Gasteiger partial charge on any atom is -0.430 e. The first kappa shape index (κ1) is 14.9. The predicted molar refractivity (Wildman–Crippen MR) is 76.2 cm³/mol. The Morgan fingerprint density at radius 3 is 2.48 bits per heavy atom. The Morgan fingerprint density at radius 2 is 1.95 bits per heavy atom. The van der Waals surface area contributed by atoms with Gasteiger partial charge in [0.2, 0.25) is 11.6 Å². The van der Waals surface area contributed by atoms with Gasteiger partial charge in [0.1, 0.15) is 11.5 Å². The van der Waals surface area contributed by atoms with Crippen molar-refractivity contribution in [3.63, 3.8) is 0 Å². The quantitative estimate of drug-likeness (QED) is 0.384. The second kappa shape index (κ2) is 5.90. The molecule has 1 heterocycles. The SMILES string of the molecule is N=C(N)c1cnc(Oc2cc(Cl)c(Cl)cc2[N+](=O)[O-])cn1. The van der Waals surface area contributed by atoms with E-state index in [1.165, 1.54) is 18.5 Å². The molecule has 0 aliphatic carbocycles. The van der Waals surface area contributed by atoms with E-state index >= 15 is 0 Å². The van der Waals surface area contributed by atoms with E-state index in [4.69, 9.17) is 39.1 Å². The smallest absolute Gasteiger partial charge is 0.313 e. The molecule has 2 rings (SSSR count). The molecule has 0 spiro atoms. The van der Waals surface area contributed by atoms with Crippen molar-refractivity contribution < 1.29 is 9.66 Å². The minimum atomic E-state index is -0.658. The molecule has 0 amide bonds. The average Bonchev–Trinajstić information content (AvgIpc) is 2.43. The van der Waals surface area contributed by atoms with Crippen LogP contribution in [0.1, 0.15) is 5.69 Å². The second-order valence-corrected chi connectivity index (χ2v) is 4.56. The monoisotopic (exact) mass is 327 g/mol. The van der Waals surface area contributed by atoms with Gasteiger partial charge in [-0.1, -0.05) is 23.2 Å². The van der Waals surface area contributed by atoms with Crippen molar-refractivity contribution in [3.8, 4) is 11.6 Å². The number of rotatable bonds is 4. The molecular weight excluding hydrogens is 321 g/mol. The summed E-state index contributed by atoms with van der Waals surface area (Å²) in [5, 5.41) is 18.3.